The van der Waals surface area contributed by atoms with Crippen molar-refractivity contribution in [2.75, 3.05) is 0 Å². The highest BCUT2D eigenvalue weighted by molar-refractivity contribution is 7.07. The zero-order valence-corrected chi connectivity index (χ0v) is 13.6. The second kappa shape index (κ2) is 4.74. The van der Waals surface area contributed by atoms with E-state index in [1.165, 1.54) is 22.5 Å². The largest absolute Gasteiger partial charge is 0.341 e. The molecule has 0 saturated carbocycles. The lowest BCUT2D eigenvalue weighted by molar-refractivity contribution is 0.274. The second-order valence-corrected chi connectivity index (χ2v) is 7.72. The summed E-state index contributed by atoms with van der Waals surface area (Å²) in [4.78, 5) is 0. The van der Waals surface area contributed by atoms with Crippen LogP contribution in [0.2, 0.25) is 0 Å². The van der Waals surface area contributed by atoms with Crippen molar-refractivity contribution < 1.29 is 0 Å². The van der Waals surface area contributed by atoms with Gasteiger partial charge in [-0.05, 0) is 66.1 Å². The van der Waals surface area contributed by atoms with Crippen LogP contribution in [0.3, 0.4) is 0 Å². The minimum Gasteiger partial charge on any atom is -0.341 e. The molecule has 2 nitrogen and oxygen atoms in total. The highest BCUT2D eigenvalue weighted by Gasteiger charge is 2.34. The van der Waals surface area contributed by atoms with Crippen molar-refractivity contribution in [3.8, 4) is 0 Å². The Bertz CT molecular complexity index is 607. The third kappa shape index (κ3) is 2.23. The van der Waals surface area contributed by atoms with Gasteiger partial charge >= 0.3 is 0 Å². The van der Waals surface area contributed by atoms with Gasteiger partial charge in [-0.15, -0.1) is 0 Å². The van der Waals surface area contributed by atoms with E-state index >= 15 is 0 Å². The molecule has 2 aromatic rings. The summed E-state index contributed by atoms with van der Waals surface area (Å²) in [7, 11) is 0. The van der Waals surface area contributed by atoms with Gasteiger partial charge in [-0.25, -0.2) is 0 Å². The van der Waals surface area contributed by atoms with Crippen LogP contribution in [0.15, 0.2) is 22.9 Å². The van der Waals surface area contributed by atoms with Crippen LogP contribution < -0.4 is 5.73 Å². The average Bonchev–Trinajstić information content (AvgIpc) is 2.94. The van der Waals surface area contributed by atoms with E-state index in [4.69, 9.17) is 5.73 Å². The maximum Gasteiger partial charge on any atom is 0.0565 e. The number of hydrogen-bond acceptors (Lipinski definition) is 2. The van der Waals surface area contributed by atoms with E-state index in [-0.39, 0.29) is 6.04 Å². The lowest BCUT2D eigenvalue weighted by atomic mass is 9.74. The van der Waals surface area contributed by atoms with Gasteiger partial charge in [0.2, 0.25) is 0 Å². The molecule has 2 N–H and O–H groups in total. The first-order valence-corrected chi connectivity index (χ1v) is 8.31. The van der Waals surface area contributed by atoms with Crippen LogP contribution in [0.5, 0.6) is 0 Å². The molecule has 20 heavy (non-hydrogen) atoms. The number of nitrogens with two attached hydrogens (primary N) is 1. The van der Waals surface area contributed by atoms with Gasteiger partial charge in [0.05, 0.1) is 6.04 Å². The highest BCUT2D eigenvalue weighted by Crippen LogP contribution is 2.42. The maximum atomic E-state index is 6.41. The molecule has 2 aromatic heterocycles. The summed E-state index contributed by atoms with van der Waals surface area (Å²) < 4.78 is 2.50. The van der Waals surface area contributed by atoms with E-state index in [1.54, 1.807) is 11.3 Å². The summed E-state index contributed by atoms with van der Waals surface area (Å²) in [5.41, 5.74) is 12.3. The van der Waals surface area contributed by atoms with Crippen molar-refractivity contribution in [2.45, 2.75) is 52.6 Å². The number of aryl methyl sites for hydroxylation is 1. The minimum absolute atomic E-state index is 0.184. The van der Waals surface area contributed by atoms with E-state index in [2.05, 4.69) is 55.2 Å². The number of rotatable bonds is 2. The molecule has 0 fully saturated rings. The van der Waals surface area contributed by atoms with Crippen molar-refractivity contribution in [1.29, 1.82) is 0 Å². The molecule has 1 aliphatic rings. The third-order valence-electron chi connectivity index (χ3n) is 4.60. The van der Waals surface area contributed by atoms with Crippen molar-refractivity contribution in [3.63, 3.8) is 0 Å². The maximum absolute atomic E-state index is 6.41. The fourth-order valence-electron chi connectivity index (χ4n) is 3.67. The van der Waals surface area contributed by atoms with Gasteiger partial charge in [0.15, 0.2) is 0 Å². The molecule has 1 aliphatic carbocycles. The summed E-state index contributed by atoms with van der Waals surface area (Å²) in [6, 6.07) is 5.11. The van der Waals surface area contributed by atoms with E-state index < -0.39 is 0 Å². The Labute approximate surface area is 125 Å². The van der Waals surface area contributed by atoms with Crippen LogP contribution in [-0.2, 0) is 6.42 Å². The molecule has 0 spiro atoms. The van der Waals surface area contributed by atoms with E-state index in [1.807, 2.05) is 0 Å². The Hall–Kier alpha value is -1.06. The molecule has 2 unspecified atom stereocenters. The molecule has 0 saturated heterocycles. The summed E-state index contributed by atoms with van der Waals surface area (Å²) >= 11 is 1.77. The van der Waals surface area contributed by atoms with Gasteiger partial charge in [0.25, 0.3) is 0 Å². The van der Waals surface area contributed by atoms with Crippen LogP contribution in [0, 0.1) is 12.3 Å². The number of aromatic nitrogens is 1. The first-order chi connectivity index (χ1) is 9.39. The van der Waals surface area contributed by atoms with Crippen molar-refractivity contribution in [2.24, 2.45) is 11.1 Å². The number of fused-ring (bicyclic) bond motifs is 1. The quantitative estimate of drug-likeness (QED) is 0.870. The molecule has 0 amide bonds. The first kappa shape index (κ1) is 13.9. The van der Waals surface area contributed by atoms with Crippen molar-refractivity contribution >= 4 is 11.3 Å². The van der Waals surface area contributed by atoms with Gasteiger partial charge in [-0.2, -0.15) is 11.3 Å². The summed E-state index contributed by atoms with van der Waals surface area (Å²) in [5, 5.41) is 4.41. The molecule has 0 aliphatic heterocycles. The Kier molecular flexibility index (Phi) is 3.30. The smallest absolute Gasteiger partial charge is 0.0565 e. The van der Waals surface area contributed by atoms with Gasteiger partial charge in [0.1, 0.15) is 0 Å². The van der Waals surface area contributed by atoms with Crippen molar-refractivity contribution in [3.05, 3.63) is 45.4 Å². The fraction of sp³-hybridized carbons (Fsp3) is 0.529. The van der Waals surface area contributed by atoms with E-state index in [0.717, 1.165) is 12.8 Å². The van der Waals surface area contributed by atoms with Gasteiger partial charge in [-0.3, -0.25) is 0 Å². The minimum atomic E-state index is 0.184. The van der Waals surface area contributed by atoms with Crippen molar-refractivity contribution in [1.82, 2.24) is 4.57 Å². The van der Waals surface area contributed by atoms with Crippen LogP contribution >= 0.6 is 11.3 Å². The molecule has 0 aromatic carbocycles. The fourth-order valence-corrected chi connectivity index (χ4v) is 4.42. The Balaban J connectivity index is 2.09. The topological polar surface area (TPSA) is 30.9 Å². The molecular formula is C17H24N2S. The molecule has 108 valence electrons. The summed E-state index contributed by atoms with van der Waals surface area (Å²) in [6.45, 7) is 9.17. The average molecular weight is 288 g/mol. The van der Waals surface area contributed by atoms with Gasteiger partial charge in [-0.1, -0.05) is 13.8 Å². The van der Waals surface area contributed by atoms with Crippen LogP contribution in [0.25, 0.3) is 0 Å². The predicted octanol–water partition coefficient (Wildman–Crippen LogP) is 4.44. The molecule has 3 heteroatoms. The zero-order chi connectivity index (χ0) is 14.5. The Morgan fingerprint density at radius 3 is 2.85 bits per heavy atom. The molecule has 2 heterocycles. The Morgan fingerprint density at radius 1 is 1.45 bits per heavy atom. The lowest BCUT2D eigenvalue weighted by Gasteiger charge is -2.35. The monoisotopic (exact) mass is 288 g/mol. The molecule has 3 rings (SSSR count). The van der Waals surface area contributed by atoms with Crippen LogP contribution in [0.4, 0.5) is 0 Å². The van der Waals surface area contributed by atoms with Gasteiger partial charge in [0, 0.05) is 17.4 Å². The standard InChI is InChI=1S/C17H24N2S/c1-11-7-14-15(18)8-17(3,4)9-16(14)19(11)12(2)13-5-6-20-10-13/h5-7,10,12,15H,8-9,18H2,1-4H3. The second-order valence-electron chi connectivity index (χ2n) is 6.94. The molecule has 2 atom stereocenters. The lowest BCUT2D eigenvalue weighted by Crippen LogP contribution is -2.31. The Morgan fingerprint density at radius 2 is 2.20 bits per heavy atom. The predicted molar refractivity (Wildman–Crippen MR) is 86.3 cm³/mol. The van der Waals surface area contributed by atoms with Crippen LogP contribution in [-0.4, -0.2) is 4.57 Å². The van der Waals surface area contributed by atoms with E-state index in [0.29, 0.717) is 11.5 Å². The summed E-state index contributed by atoms with van der Waals surface area (Å²) in [5.74, 6) is 0. The molecule has 0 bridgehead atoms. The first-order valence-electron chi connectivity index (χ1n) is 7.37. The third-order valence-corrected chi connectivity index (χ3v) is 5.30. The number of nitrogens with zero attached hydrogens (tertiary/aromatic N) is 1. The molecule has 0 radical (unpaired) electrons. The van der Waals surface area contributed by atoms with Crippen LogP contribution in [0.1, 0.15) is 61.8 Å². The number of thiophene rings is 1. The van der Waals surface area contributed by atoms with Gasteiger partial charge < -0.3 is 10.3 Å². The SMILES string of the molecule is Cc1cc2c(n1C(C)c1ccsc1)CC(C)(C)CC2N. The van der Waals surface area contributed by atoms with E-state index in [9.17, 15) is 0 Å². The zero-order valence-electron chi connectivity index (χ0n) is 12.8. The number of hydrogen-bond donors (Lipinski definition) is 1. The highest BCUT2D eigenvalue weighted by atomic mass is 32.1. The summed E-state index contributed by atoms with van der Waals surface area (Å²) in [6.07, 6.45) is 2.20. The molecular weight excluding hydrogens is 264 g/mol. The normalized spacial score (nSPS) is 22.6.